The predicted octanol–water partition coefficient (Wildman–Crippen LogP) is 2.75. The van der Waals surface area contributed by atoms with Crippen molar-refractivity contribution >= 4 is 29.2 Å². The van der Waals surface area contributed by atoms with Crippen LogP contribution in [0.15, 0.2) is 18.2 Å². The maximum absolute atomic E-state index is 13.6. The number of hydrogen-bond acceptors (Lipinski definition) is 3. The van der Waals surface area contributed by atoms with Gasteiger partial charge in [-0.25, -0.2) is 4.39 Å². The largest absolute Gasteiger partial charge is 0.480 e. The van der Waals surface area contributed by atoms with Crippen LogP contribution in [0.2, 0.25) is 5.02 Å². The molecule has 1 aliphatic rings. The summed E-state index contributed by atoms with van der Waals surface area (Å²) >= 11 is 5.65. The van der Waals surface area contributed by atoms with Crippen LogP contribution in [-0.2, 0) is 9.59 Å². The third kappa shape index (κ3) is 4.42. The number of hydrogen-bond donors (Lipinski definition) is 2. The van der Waals surface area contributed by atoms with Gasteiger partial charge in [0.15, 0.2) is 0 Å². The molecule has 1 saturated heterocycles. The molecule has 1 amide bonds. The van der Waals surface area contributed by atoms with Gasteiger partial charge in [0, 0.05) is 18.0 Å². The second-order valence-corrected chi connectivity index (χ2v) is 5.74. The number of carboxylic acid groups (broad SMARTS) is 1. The molecule has 0 saturated carbocycles. The van der Waals surface area contributed by atoms with Gasteiger partial charge in [-0.05, 0) is 37.6 Å². The lowest BCUT2D eigenvalue weighted by Gasteiger charge is -2.32. The van der Waals surface area contributed by atoms with Crippen molar-refractivity contribution in [3.63, 3.8) is 0 Å². The number of amides is 1. The van der Waals surface area contributed by atoms with E-state index in [1.54, 1.807) is 4.90 Å². The van der Waals surface area contributed by atoms with Gasteiger partial charge in [0.1, 0.15) is 11.9 Å². The zero-order valence-electron chi connectivity index (χ0n) is 12.0. The van der Waals surface area contributed by atoms with Gasteiger partial charge in [-0.3, -0.25) is 14.5 Å². The van der Waals surface area contributed by atoms with Crippen molar-refractivity contribution in [1.82, 2.24) is 4.90 Å². The van der Waals surface area contributed by atoms with E-state index < -0.39 is 17.8 Å². The quantitative estimate of drug-likeness (QED) is 0.872. The summed E-state index contributed by atoms with van der Waals surface area (Å²) in [5, 5.41) is 11.9. The Morgan fingerprint density at radius 2 is 2.18 bits per heavy atom. The Morgan fingerprint density at radius 1 is 1.41 bits per heavy atom. The summed E-state index contributed by atoms with van der Waals surface area (Å²) in [6.45, 7) is 1.01. The average Bonchev–Trinajstić information content (AvgIpc) is 2.48. The van der Waals surface area contributed by atoms with Crippen LogP contribution in [0.25, 0.3) is 0 Å². The van der Waals surface area contributed by atoms with Crippen LogP contribution in [0.5, 0.6) is 0 Å². The van der Waals surface area contributed by atoms with Crippen molar-refractivity contribution < 1.29 is 19.1 Å². The van der Waals surface area contributed by atoms with Crippen LogP contribution in [0.4, 0.5) is 10.1 Å². The minimum absolute atomic E-state index is 0.0721. The Balaban J connectivity index is 1.88. The first-order valence-corrected chi connectivity index (χ1v) is 7.57. The predicted molar refractivity (Wildman–Crippen MR) is 81.5 cm³/mol. The second-order valence-electron chi connectivity index (χ2n) is 5.31. The van der Waals surface area contributed by atoms with Gasteiger partial charge < -0.3 is 10.4 Å². The highest BCUT2D eigenvalue weighted by Crippen LogP contribution is 2.20. The molecule has 5 nitrogen and oxygen atoms in total. The van der Waals surface area contributed by atoms with E-state index >= 15 is 0 Å². The Kier molecular flexibility index (Phi) is 5.74. The smallest absolute Gasteiger partial charge is 0.320 e. The summed E-state index contributed by atoms with van der Waals surface area (Å²) in [6, 6.07) is 3.48. The molecule has 22 heavy (non-hydrogen) atoms. The zero-order valence-corrected chi connectivity index (χ0v) is 12.8. The van der Waals surface area contributed by atoms with Crippen molar-refractivity contribution in [2.24, 2.45) is 0 Å². The Labute approximate surface area is 133 Å². The minimum Gasteiger partial charge on any atom is -0.480 e. The van der Waals surface area contributed by atoms with E-state index in [0.29, 0.717) is 19.5 Å². The normalized spacial score (nSPS) is 18.9. The third-order valence-electron chi connectivity index (χ3n) is 3.73. The number of piperidine rings is 1. The Hall–Kier alpha value is -1.66. The van der Waals surface area contributed by atoms with Gasteiger partial charge in [0.2, 0.25) is 5.91 Å². The number of nitrogens with zero attached hydrogens (tertiary/aromatic N) is 1. The van der Waals surface area contributed by atoms with Gasteiger partial charge in [0.05, 0.1) is 5.69 Å². The molecule has 120 valence electrons. The summed E-state index contributed by atoms with van der Waals surface area (Å²) in [4.78, 5) is 24.9. The molecule has 2 N–H and O–H groups in total. The van der Waals surface area contributed by atoms with Crippen LogP contribution < -0.4 is 5.32 Å². The molecule has 0 aromatic heterocycles. The van der Waals surface area contributed by atoms with Crippen LogP contribution in [0.1, 0.15) is 25.7 Å². The fourth-order valence-corrected chi connectivity index (χ4v) is 2.75. The maximum Gasteiger partial charge on any atom is 0.320 e. The average molecular weight is 329 g/mol. The lowest BCUT2D eigenvalue weighted by atomic mass is 10.0. The van der Waals surface area contributed by atoms with Crippen molar-refractivity contribution in [3.05, 3.63) is 29.0 Å². The van der Waals surface area contributed by atoms with E-state index in [1.807, 2.05) is 0 Å². The lowest BCUT2D eigenvalue weighted by molar-refractivity contribution is -0.144. The molecule has 2 rings (SSSR count). The van der Waals surface area contributed by atoms with Gasteiger partial charge in [0.25, 0.3) is 0 Å². The first-order valence-electron chi connectivity index (χ1n) is 7.19. The van der Waals surface area contributed by atoms with Crippen LogP contribution in [0, 0.1) is 5.82 Å². The molecule has 0 spiro atoms. The summed E-state index contributed by atoms with van der Waals surface area (Å²) < 4.78 is 13.6. The molecule has 0 radical (unpaired) electrons. The van der Waals surface area contributed by atoms with E-state index in [-0.39, 0.29) is 23.0 Å². The number of likely N-dealkylation sites (tertiary alicyclic amines) is 1. The van der Waals surface area contributed by atoms with Crippen molar-refractivity contribution in [1.29, 1.82) is 0 Å². The number of aliphatic carboxylic acids is 1. The highest BCUT2D eigenvalue weighted by molar-refractivity contribution is 6.30. The summed E-state index contributed by atoms with van der Waals surface area (Å²) in [5.41, 5.74) is 0.0721. The maximum atomic E-state index is 13.6. The number of nitrogens with one attached hydrogen (secondary N) is 1. The Morgan fingerprint density at radius 3 is 2.86 bits per heavy atom. The Bertz CT molecular complexity index is 568. The monoisotopic (exact) mass is 328 g/mol. The topological polar surface area (TPSA) is 69.6 Å². The highest BCUT2D eigenvalue weighted by Gasteiger charge is 2.28. The summed E-state index contributed by atoms with van der Waals surface area (Å²) in [7, 11) is 0. The molecule has 0 aliphatic carbocycles. The fourth-order valence-electron chi connectivity index (χ4n) is 2.59. The van der Waals surface area contributed by atoms with Crippen molar-refractivity contribution in [2.75, 3.05) is 18.4 Å². The lowest BCUT2D eigenvalue weighted by Crippen LogP contribution is -2.45. The molecule has 0 bridgehead atoms. The van der Waals surface area contributed by atoms with E-state index in [1.165, 1.54) is 12.1 Å². The van der Waals surface area contributed by atoms with Crippen LogP contribution in [0.3, 0.4) is 0 Å². The third-order valence-corrected chi connectivity index (χ3v) is 3.97. The van der Waals surface area contributed by atoms with Crippen LogP contribution >= 0.6 is 11.6 Å². The summed E-state index contributed by atoms with van der Waals surface area (Å²) in [5.74, 6) is -1.80. The van der Waals surface area contributed by atoms with Crippen molar-refractivity contribution in [2.45, 2.75) is 31.7 Å². The molecular formula is C15H18ClFN2O3. The van der Waals surface area contributed by atoms with E-state index in [2.05, 4.69) is 5.32 Å². The minimum atomic E-state index is -0.858. The van der Waals surface area contributed by atoms with Gasteiger partial charge in [-0.1, -0.05) is 18.0 Å². The first-order chi connectivity index (χ1) is 10.5. The van der Waals surface area contributed by atoms with Gasteiger partial charge in [-0.2, -0.15) is 0 Å². The molecule has 1 heterocycles. The summed E-state index contributed by atoms with van der Waals surface area (Å²) in [6.07, 6.45) is 2.53. The number of carbonyl (C=O) groups is 2. The number of benzene rings is 1. The number of carbonyl (C=O) groups excluding carboxylic acids is 1. The molecule has 1 fully saturated rings. The van der Waals surface area contributed by atoms with E-state index in [0.717, 1.165) is 18.9 Å². The molecule has 1 aliphatic heterocycles. The van der Waals surface area contributed by atoms with Crippen molar-refractivity contribution in [3.8, 4) is 0 Å². The molecule has 1 atom stereocenters. The number of halogens is 2. The zero-order chi connectivity index (χ0) is 16.1. The van der Waals surface area contributed by atoms with E-state index in [4.69, 9.17) is 16.7 Å². The fraction of sp³-hybridized carbons (Fsp3) is 0.467. The van der Waals surface area contributed by atoms with Gasteiger partial charge >= 0.3 is 5.97 Å². The molecular weight excluding hydrogens is 311 g/mol. The standard InChI is InChI=1S/C15H18ClFN2O3/c16-10-4-5-12(11(17)9-10)18-14(20)6-8-19-7-2-1-3-13(19)15(21)22/h4-5,9,13H,1-3,6-8H2,(H,18,20)(H,21,22). The second kappa shape index (κ2) is 7.56. The molecule has 7 heteroatoms. The highest BCUT2D eigenvalue weighted by atomic mass is 35.5. The van der Waals surface area contributed by atoms with Crippen LogP contribution in [-0.4, -0.2) is 41.0 Å². The molecule has 1 unspecified atom stereocenters. The molecule has 1 aromatic carbocycles. The van der Waals surface area contributed by atoms with Gasteiger partial charge in [-0.15, -0.1) is 0 Å². The van der Waals surface area contributed by atoms with E-state index in [9.17, 15) is 14.0 Å². The first kappa shape index (κ1) is 16.7. The SMILES string of the molecule is O=C(CCN1CCCCC1C(=O)O)Nc1ccc(Cl)cc1F. The number of rotatable bonds is 5. The molecule has 1 aromatic rings. The number of carboxylic acids is 1. The number of anilines is 1.